The second kappa shape index (κ2) is 10.2. The van der Waals surface area contributed by atoms with Gasteiger partial charge in [-0.05, 0) is 36.6 Å². The normalized spacial score (nSPS) is 15.1. The average molecular weight is 396 g/mol. The molecule has 1 aliphatic rings. The van der Waals surface area contributed by atoms with Gasteiger partial charge in [-0.3, -0.25) is 9.69 Å². The smallest absolute Gasteiger partial charge is 0.337 e. The number of esters is 1. The molecule has 1 fully saturated rings. The zero-order valence-electron chi connectivity index (χ0n) is 17.2. The highest BCUT2D eigenvalue weighted by Gasteiger charge is 2.19. The number of hydrogen-bond acceptors (Lipinski definition) is 5. The SMILES string of the molecule is COC(=O)c1ccc(C)c(NC(=O)CN2CCN(CCc3ccccc3)CC2)c1. The van der Waals surface area contributed by atoms with Crippen molar-refractivity contribution in [1.82, 2.24) is 9.80 Å². The Hall–Kier alpha value is -2.70. The molecular weight excluding hydrogens is 366 g/mol. The van der Waals surface area contributed by atoms with Crippen LogP contribution in [0.4, 0.5) is 5.69 Å². The average Bonchev–Trinajstić information content (AvgIpc) is 2.75. The van der Waals surface area contributed by atoms with E-state index < -0.39 is 5.97 Å². The Bertz CT molecular complexity index is 831. The van der Waals surface area contributed by atoms with E-state index >= 15 is 0 Å². The predicted molar refractivity (Wildman–Crippen MR) is 114 cm³/mol. The zero-order valence-corrected chi connectivity index (χ0v) is 17.2. The first-order valence-electron chi connectivity index (χ1n) is 10.0. The lowest BCUT2D eigenvalue weighted by Crippen LogP contribution is -2.49. The van der Waals surface area contributed by atoms with Gasteiger partial charge in [0.15, 0.2) is 0 Å². The Balaban J connectivity index is 1.44. The molecule has 1 N–H and O–H groups in total. The fraction of sp³-hybridized carbons (Fsp3) is 0.391. The van der Waals surface area contributed by atoms with Crippen molar-refractivity contribution in [3.63, 3.8) is 0 Å². The van der Waals surface area contributed by atoms with Crippen LogP contribution in [-0.4, -0.2) is 68.1 Å². The summed E-state index contributed by atoms with van der Waals surface area (Å²) in [6.45, 7) is 7.00. The molecule has 2 aromatic carbocycles. The number of anilines is 1. The van der Waals surface area contributed by atoms with E-state index in [9.17, 15) is 9.59 Å². The van der Waals surface area contributed by atoms with Crippen LogP contribution in [0.25, 0.3) is 0 Å². The lowest BCUT2D eigenvalue weighted by Gasteiger charge is -2.34. The molecule has 29 heavy (non-hydrogen) atoms. The summed E-state index contributed by atoms with van der Waals surface area (Å²) >= 11 is 0. The minimum Gasteiger partial charge on any atom is -0.465 e. The first kappa shape index (κ1) is 21.0. The monoisotopic (exact) mass is 395 g/mol. The van der Waals surface area contributed by atoms with E-state index in [0.29, 0.717) is 17.8 Å². The first-order valence-corrected chi connectivity index (χ1v) is 10.0. The third kappa shape index (κ3) is 6.14. The quantitative estimate of drug-likeness (QED) is 0.730. The van der Waals surface area contributed by atoms with E-state index in [4.69, 9.17) is 4.74 Å². The fourth-order valence-corrected chi connectivity index (χ4v) is 3.50. The molecule has 1 heterocycles. The summed E-state index contributed by atoms with van der Waals surface area (Å²) in [6.07, 6.45) is 1.05. The van der Waals surface area contributed by atoms with Crippen LogP contribution in [0.15, 0.2) is 48.5 Å². The highest BCUT2D eigenvalue weighted by molar-refractivity contribution is 5.96. The summed E-state index contributed by atoms with van der Waals surface area (Å²) in [6, 6.07) is 15.7. The lowest BCUT2D eigenvalue weighted by atomic mass is 10.1. The molecule has 0 spiro atoms. The number of carbonyl (C=O) groups excluding carboxylic acids is 2. The molecule has 6 heteroatoms. The van der Waals surface area contributed by atoms with Gasteiger partial charge in [0.1, 0.15) is 0 Å². The van der Waals surface area contributed by atoms with Gasteiger partial charge in [-0.15, -0.1) is 0 Å². The van der Waals surface area contributed by atoms with Crippen molar-refractivity contribution >= 4 is 17.6 Å². The van der Waals surface area contributed by atoms with Gasteiger partial charge < -0.3 is 15.0 Å². The van der Waals surface area contributed by atoms with E-state index in [2.05, 4.69) is 39.4 Å². The van der Waals surface area contributed by atoms with Gasteiger partial charge in [-0.1, -0.05) is 36.4 Å². The Kier molecular flexibility index (Phi) is 7.38. The van der Waals surface area contributed by atoms with Crippen LogP contribution >= 0.6 is 0 Å². The van der Waals surface area contributed by atoms with Crippen molar-refractivity contribution in [2.45, 2.75) is 13.3 Å². The Labute approximate surface area is 172 Å². The van der Waals surface area contributed by atoms with Crippen molar-refractivity contribution in [3.05, 3.63) is 65.2 Å². The highest BCUT2D eigenvalue weighted by Crippen LogP contribution is 2.18. The fourth-order valence-electron chi connectivity index (χ4n) is 3.50. The van der Waals surface area contributed by atoms with E-state index in [1.165, 1.54) is 12.7 Å². The largest absolute Gasteiger partial charge is 0.465 e. The molecule has 2 aromatic rings. The van der Waals surface area contributed by atoms with Crippen molar-refractivity contribution in [1.29, 1.82) is 0 Å². The number of nitrogens with one attached hydrogen (secondary N) is 1. The number of carbonyl (C=O) groups is 2. The van der Waals surface area contributed by atoms with Gasteiger partial charge in [-0.2, -0.15) is 0 Å². The van der Waals surface area contributed by atoms with Crippen molar-refractivity contribution in [2.24, 2.45) is 0 Å². The second-order valence-electron chi connectivity index (χ2n) is 7.42. The molecule has 0 saturated carbocycles. The van der Waals surface area contributed by atoms with Gasteiger partial charge >= 0.3 is 5.97 Å². The third-order valence-corrected chi connectivity index (χ3v) is 5.32. The molecule has 0 radical (unpaired) electrons. The summed E-state index contributed by atoms with van der Waals surface area (Å²) in [5, 5.41) is 2.93. The van der Waals surface area contributed by atoms with Gasteiger partial charge in [0.05, 0.1) is 19.2 Å². The van der Waals surface area contributed by atoms with Crippen LogP contribution < -0.4 is 5.32 Å². The third-order valence-electron chi connectivity index (χ3n) is 5.32. The minimum absolute atomic E-state index is 0.0622. The van der Waals surface area contributed by atoms with Crippen molar-refractivity contribution in [3.8, 4) is 0 Å². The summed E-state index contributed by atoms with van der Waals surface area (Å²) < 4.78 is 4.75. The molecule has 0 atom stereocenters. The molecule has 154 valence electrons. The number of nitrogens with zero attached hydrogens (tertiary/aromatic N) is 2. The number of rotatable bonds is 7. The first-order chi connectivity index (χ1) is 14.0. The highest BCUT2D eigenvalue weighted by atomic mass is 16.5. The molecule has 3 rings (SSSR count). The standard InChI is InChI=1S/C23H29N3O3/c1-18-8-9-20(23(28)29-2)16-21(18)24-22(27)17-26-14-12-25(13-15-26)11-10-19-6-4-3-5-7-19/h3-9,16H,10-15,17H2,1-2H3,(H,24,27). The maximum absolute atomic E-state index is 12.5. The number of benzene rings is 2. The number of piperazine rings is 1. The van der Waals surface area contributed by atoms with Gasteiger partial charge in [0.25, 0.3) is 0 Å². The Morgan fingerprint density at radius 1 is 1.00 bits per heavy atom. The molecule has 0 unspecified atom stereocenters. The molecule has 1 saturated heterocycles. The van der Waals surface area contributed by atoms with Gasteiger partial charge in [0, 0.05) is 38.4 Å². The topological polar surface area (TPSA) is 61.9 Å². The van der Waals surface area contributed by atoms with E-state index in [1.54, 1.807) is 12.1 Å². The Morgan fingerprint density at radius 2 is 1.69 bits per heavy atom. The number of aryl methyl sites for hydroxylation is 1. The number of ether oxygens (including phenoxy) is 1. The van der Waals surface area contributed by atoms with Crippen LogP contribution in [0, 0.1) is 6.92 Å². The van der Waals surface area contributed by atoms with Gasteiger partial charge in [0.2, 0.25) is 5.91 Å². The lowest BCUT2D eigenvalue weighted by molar-refractivity contribution is -0.117. The maximum atomic E-state index is 12.5. The summed E-state index contributed by atoms with van der Waals surface area (Å²) in [7, 11) is 1.35. The zero-order chi connectivity index (χ0) is 20.6. The van der Waals surface area contributed by atoms with E-state index in [-0.39, 0.29) is 5.91 Å². The number of methoxy groups -OCH3 is 1. The molecule has 1 aliphatic heterocycles. The molecule has 1 amide bonds. The molecule has 0 aromatic heterocycles. The van der Waals surface area contributed by atoms with Crippen LogP contribution in [0.3, 0.4) is 0 Å². The van der Waals surface area contributed by atoms with E-state index in [1.807, 2.05) is 19.1 Å². The Morgan fingerprint density at radius 3 is 2.38 bits per heavy atom. The van der Waals surface area contributed by atoms with Crippen LogP contribution in [-0.2, 0) is 16.0 Å². The minimum atomic E-state index is -0.410. The molecule has 0 bridgehead atoms. The van der Waals surface area contributed by atoms with Crippen LogP contribution in [0.5, 0.6) is 0 Å². The summed E-state index contributed by atoms with van der Waals surface area (Å²) in [5.74, 6) is -0.472. The second-order valence-corrected chi connectivity index (χ2v) is 7.42. The molecule has 0 aliphatic carbocycles. The van der Waals surface area contributed by atoms with Crippen molar-refractivity contribution < 1.29 is 14.3 Å². The number of amides is 1. The van der Waals surface area contributed by atoms with Crippen molar-refractivity contribution in [2.75, 3.05) is 51.7 Å². The molecular formula is C23H29N3O3. The predicted octanol–water partition coefficient (Wildman–Crippen LogP) is 2.58. The summed E-state index contributed by atoms with van der Waals surface area (Å²) in [5.41, 5.74) is 3.36. The van der Waals surface area contributed by atoms with Gasteiger partial charge in [-0.25, -0.2) is 4.79 Å². The number of hydrogen-bond donors (Lipinski definition) is 1. The maximum Gasteiger partial charge on any atom is 0.337 e. The van der Waals surface area contributed by atoms with Crippen LogP contribution in [0.2, 0.25) is 0 Å². The summed E-state index contributed by atoms with van der Waals surface area (Å²) in [4.78, 5) is 28.8. The van der Waals surface area contributed by atoms with Crippen LogP contribution in [0.1, 0.15) is 21.5 Å². The molecule has 6 nitrogen and oxygen atoms in total. The van der Waals surface area contributed by atoms with E-state index in [0.717, 1.165) is 44.7 Å².